The molecule has 0 aliphatic carbocycles. The largest absolute Gasteiger partial charge is 0.468 e. The fourth-order valence-electron chi connectivity index (χ4n) is 2.27. The van der Waals surface area contributed by atoms with Gasteiger partial charge < -0.3 is 14.8 Å². The molecule has 0 aromatic carbocycles. The molecule has 0 saturated carbocycles. The van der Waals surface area contributed by atoms with Gasteiger partial charge in [0.1, 0.15) is 5.54 Å². The quantitative estimate of drug-likeness (QED) is 0.739. The minimum Gasteiger partial charge on any atom is -0.468 e. The SMILES string of the molecule is CCNC1(C(=O)OC)CCOC(C(C)C)C1. The zero-order chi connectivity index (χ0) is 12.2. The van der Waals surface area contributed by atoms with Crippen LogP contribution in [0, 0.1) is 5.92 Å². The lowest BCUT2D eigenvalue weighted by atomic mass is 9.83. The lowest BCUT2D eigenvalue weighted by molar-refractivity contribution is -0.157. The van der Waals surface area contributed by atoms with Crippen molar-refractivity contribution in [2.75, 3.05) is 20.3 Å². The molecule has 16 heavy (non-hydrogen) atoms. The molecule has 0 aromatic heterocycles. The maximum Gasteiger partial charge on any atom is 0.326 e. The van der Waals surface area contributed by atoms with Crippen LogP contribution in [0.25, 0.3) is 0 Å². The van der Waals surface area contributed by atoms with Crippen molar-refractivity contribution in [3.63, 3.8) is 0 Å². The van der Waals surface area contributed by atoms with Gasteiger partial charge in [0.15, 0.2) is 0 Å². The number of likely N-dealkylation sites (N-methyl/N-ethyl adjacent to an activating group) is 1. The molecule has 0 radical (unpaired) electrons. The average Bonchev–Trinajstić information content (AvgIpc) is 2.28. The van der Waals surface area contributed by atoms with Crippen LogP contribution in [0.5, 0.6) is 0 Å². The van der Waals surface area contributed by atoms with Gasteiger partial charge in [-0.1, -0.05) is 20.8 Å². The van der Waals surface area contributed by atoms with Crippen molar-refractivity contribution in [2.45, 2.75) is 45.3 Å². The summed E-state index contributed by atoms with van der Waals surface area (Å²) in [5.74, 6) is 0.256. The number of methoxy groups -OCH3 is 1. The van der Waals surface area contributed by atoms with E-state index in [1.165, 1.54) is 7.11 Å². The number of ether oxygens (including phenoxy) is 2. The molecular formula is C12H23NO3. The third-order valence-corrected chi connectivity index (χ3v) is 3.25. The van der Waals surface area contributed by atoms with Gasteiger partial charge in [0, 0.05) is 13.0 Å². The number of esters is 1. The zero-order valence-electron chi connectivity index (χ0n) is 10.7. The molecule has 2 atom stereocenters. The van der Waals surface area contributed by atoms with Gasteiger partial charge in [0.2, 0.25) is 0 Å². The Balaban J connectivity index is 2.79. The fraction of sp³-hybridized carbons (Fsp3) is 0.917. The van der Waals surface area contributed by atoms with E-state index < -0.39 is 5.54 Å². The van der Waals surface area contributed by atoms with Crippen molar-refractivity contribution >= 4 is 5.97 Å². The second-order valence-electron chi connectivity index (χ2n) is 4.71. The molecule has 1 fully saturated rings. The standard InChI is InChI=1S/C12H23NO3/c1-5-13-12(11(14)15-4)6-7-16-10(8-12)9(2)3/h9-10,13H,5-8H2,1-4H3. The Bertz CT molecular complexity index is 238. The minimum atomic E-state index is -0.545. The van der Waals surface area contributed by atoms with Gasteiger partial charge in [-0.15, -0.1) is 0 Å². The maximum absolute atomic E-state index is 11.9. The van der Waals surface area contributed by atoms with Crippen LogP contribution >= 0.6 is 0 Å². The summed E-state index contributed by atoms with van der Waals surface area (Å²) < 4.78 is 10.6. The first-order valence-electron chi connectivity index (χ1n) is 6.00. The summed E-state index contributed by atoms with van der Waals surface area (Å²) in [6.45, 7) is 7.61. The molecule has 4 heteroatoms. The van der Waals surface area contributed by atoms with Gasteiger partial charge >= 0.3 is 5.97 Å². The molecule has 2 unspecified atom stereocenters. The highest BCUT2D eigenvalue weighted by atomic mass is 16.5. The second-order valence-corrected chi connectivity index (χ2v) is 4.71. The molecular weight excluding hydrogens is 206 g/mol. The van der Waals surface area contributed by atoms with Gasteiger partial charge in [-0.3, -0.25) is 4.79 Å². The van der Waals surface area contributed by atoms with Crippen LogP contribution < -0.4 is 5.32 Å². The highest BCUT2D eigenvalue weighted by Crippen LogP contribution is 2.29. The van der Waals surface area contributed by atoms with E-state index in [1.54, 1.807) is 0 Å². The second kappa shape index (κ2) is 5.64. The van der Waals surface area contributed by atoms with Gasteiger partial charge in [0.25, 0.3) is 0 Å². The number of carbonyl (C=O) groups is 1. The normalized spacial score (nSPS) is 30.4. The van der Waals surface area contributed by atoms with E-state index in [9.17, 15) is 4.79 Å². The van der Waals surface area contributed by atoms with Crippen LogP contribution in [0.15, 0.2) is 0 Å². The van der Waals surface area contributed by atoms with E-state index in [4.69, 9.17) is 9.47 Å². The first-order valence-corrected chi connectivity index (χ1v) is 6.00. The first-order chi connectivity index (χ1) is 7.55. The van der Waals surface area contributed by atoms with E-state index in [-0.39, 0.29) is 12.1 Å². The van der Waals surface area contributed by atoms with Crippen molar-refractivity contribution in [1.82, 2.24) is 5.32 Å². The van der Waals surface area contributed by atoms with Crippen LogP contribution in [0.4, 0.5) is 0 Å². The molecule has 1 saturated heterocycles. The molecule has 94 valence electrons. The lowest BCUT2D eigenvalue weighted by Crippen LogP contribution is -2.58. The zero-order valence-corrected chi connectivity index (χ0v) is 10.7. The molecule has 0 bridgehead atoms. The monoisotopic (exact) mass is 229 g/mol. The molecule has 0 aromatic rings. The summed E-state index contributed by atoms with van der Waals surface area (Å²) in [6, 6.07) is 0. The predicted octanol–water partition coefficient (Wildman–Crippen LogP) is 1.34. The van der Waals surface area contributed by atoms with E-state index in [0.717, 1.165) is 6.54 Å². The van der Waals surface area contributed by atoms with Crippen molar-refractivity contribution in [3.05, 3.63) is 0 Å². The summed E-state index contributed by atoms with van der Waals surface area (Å²) in [7, 11) is 1.45. The number of nitrogens with one attached hydrogen (secondary N) is 1. The summed E-state index contributed by atoms with van der Waals surface area (Å²) in [5.41, 5.74) is -0.545. The van der Waals surface area contributed by atoms with Crippen molar-refractivity contribution in [2.24, 2.45) is 5.92 Å². The Hall–Kier alpha value is -0.610. The Morgan fingerprint density at radius 3 is 2.81 bits per heavy atom. The smallest absolute Gasteiger partial charge is 0.326 e. The van der Waals surface area contributed by atoms with Crippen LogP contribution in [0.2, 0.25) is 0 Å². The molecule has 1 rings (SSSR count). The van der Waals surface area contributed by atoms with Gasteiger partial charge in [-0.05, 0) is 18.9 Å². The molecule has 0 amide bonds. The minimum absolute atomic E-state index is 0.131. The summed E-state index contributed by atoms with van der Waals surface area (Å²) in [5, 5.41) is 3.28. The van der Waals surface area contributed by atoms with Crippen LogP contribution in [-0.2, 0) is 14.3 Å². The maximum atomic E-state index is 11.9. The molecule has 1 heterocycles. The lowest BCUT2D eigenvalue weighted by Gasteiger charge is -2.40. The Kier molecular flexibility index (Phi) is 4.74. The van der Waals surface area contributed by atoms with E-state index in [1.807, 2.05) is 6.92 Å². The van der Waals surface area contributed by atoms with Crippen LogP contribution in [0.1, 0.15) is 33.6 Å². The van der Waals surface area contributed by atoms with Gasteiger partial charge in [-0.2, -0.15) is 0 Å². The number of carbonyl (C=O) groups excluding carboxylic acids is 1. The van der Waals surface area contributed by atoms with E-state index in [2.05, 4.69) is 19.2 Å². The molecule has 1 aliphatic rings. The summed E-state index contributed by atoms with van der Waals surface area (Å²) in [6.07, 6.45) is 1.52. The van der Waals surface area contributed by atoms with Crippen molar-refractivity contribution in [3.8, 4) is 0 Å². The number of rotatable bonds is 4. The Labute approximate surface area is 97.7 Å². The highest BCUT2D eigenvalue weighted by molar-refractivity contribution is 5.81. The molecule has 0 spiro atoms. The third kappa shape index (κ3) is 2.74. The predicted molar refractivity (Wildman–Crippen MR) is 62.2 cm³/mol. The summed E-state index contributed by atoms with van der Waals surface area (Å²) in [4.78, 5) is 11.9. The van der Waals surface area contributed by atoms with Crippen molar-refractivity contribution in [1.29, 1.82) is 0 Å². The average molecular weight is 229 g/mol. The Morgan fingerprint density at radius 2 is 2.31 bits per heavy atom. The van der Waals surface area contributed by atoms with Crippen LogP contribution in [-0.4, -0.2) is 37.9 Å². The number of hydrogen-bond donors (Lipinski definition) is 1. The van der Waals surface area contributed by atoms with E-state index in [0.29, 0.717) is 25.4 Å². The Morgan fingerprint density at radius 1 is 1.62 bits per heavy atom. The molecule has 1 N–H and O–H groups in total. The van der Waals surface area contributed by atoms with Gasteiger partial charge in [0.05, 0.1) is 13.2 Å². The van der Waals surface area contributed by atoms with Crippen molar-refractivity contribution < 1.29 is 14.3 Å². The topological polar surface area (TPSA) is 47.6 Å². The van der Waals surface area contributed by atoms with Gasteiger partial charge in [-0.25, -0.2) is 0 Å². The molecule has 1 aliphatic heterocycles. The molecule has 4 nitrogen and oxygen atoms in total. The fourth-order valence-corrected chi connectivity index (χ4v) is 2.27. The van der Waals surface area contributed by atoms with E-state index >= 15 is 0 Å². The van der Waals surface area contributed by atoms with Crippen LogP contribution in [0.3, 0.4) is 0 Å². The summed E-state index contributed by atoms with van der Waals surface area (Å²) >= 11 is 0. The highest BCUT2D eigenvalue weighted by Gasteiger charge is 2.44. The number of hydrogen-bond acceptors (Lipinski definition) is 4. The first kappa shape index (κ1) is 13.5. The third-order valence-electron chi connectivity index (χ3n) is 3.25.